The van der Waals surface area contributed by atoms with Crippen LogP contribution in [-0.4, -0.2) is 10.5 Å². The van der Waals surface area contributed by atoms with E-state index in [9.17, 15) is 4.79 Å². The summed E-state index contributed by atoms with van der Waals surface area (Å²) in [4.78, 5) is 12.2. The molecule has 1 heterocycles. The largest absolute Gasteiger partial charge is 0.345 e. The second kappa shape index (κ2) is 5.87. The third-order valence-electron chi connectivity index (χ3n) is 2.45. The van der Waals surface area contributed by atoms with E-state index in [-0.39, 0.29) is 5.91 Å². The summed E-state index contributed by atoms with van der Waals surface area (Å²) in [5.41, 5.74) is 0.899. The van der Waals surface area contributed by atoms with Gasteiger partial charge in [-0.2, -0.15) is 0 Å². The van der Waals surface area contributed by atoms with Crippen molar-refractivity contribution in [2.45, 2.75) is 0 Å². The Bertz CT molecular complexity index is 632. The lowest BCUT2D eigenvalue weighted by Crippen LogP contribution is -2.15. The maximum absolute atomic E-state index is 12.2. The number of carbonyl (C=O) groups is 1. The first kappa shape index (κ1) is 14.9. The van der Waals surface area contributed by atoms with E-state index in [0.717, 1.165) is 8.95 Å². The van der Waals surface area contributed by atoms with E-state index < -0.39 is 0 Å². The average molecular weight is 427 g/mol. The van der Waals surface area contributed by atoms with Gasteiger partial charge in [-0.3, -0.25) is 4.79 Å². The standard InChI is InChI=1S/C12H8Br2Cl2N2O/c1-18-5-7(14)4-10(18)12(19)17-11-8(15)2-6(13)3-9(11)16/h2-5H,1H3,(H,17,19). The number of hydrogen-bond acceptors (Lipinski definition) is 1. The molecule has 0 bridgehead atoms. The Morgan fingerprint density at radius 2 is 1.74 bits per heavy atom. The van der Waals surface area contributed by atoms with E-state index in [4.69, 9.17) is 23.2 Å². The highest BCUT2D eigenvalue weighted by atomic mass is 79.9. The Hall–Kier alpha value is -0.490. The normalized spacial score (nSPS) is 10.6. The molecule has 0 saturated heterocycles. The van der Waals surface area contributed by atoms with Crippen molar-refractivity contribution in [3.05, 3.63) is 49.1 Å². The van der Waals surface area contributed by atoms with Crippen LogP contribution in [0, 0.1) is 0 Å². The fourth-order valence-corrected chi connectivity index (χ4v) is 3.42. The van der Waals surface area contributed by atoms with Crippen LogP contribution in [-0.2, 0) is 7.05 Å². The van der Waals surface area contributed by atoms with Crippen LogP contribution in [0.4, 0.5) is 5.69 Å². The Labute approximate surface area is 137 Å². The smallest absolute Gasteiger partial charge is 0.272 e. The SMILES string of the molecule is Cn1cc(Br)cc1C(=O)Nc1c(Cl)cc(Br)cc1Cl. The summed E-state index contributed by atoms with van der Waals surface area (Å²) in [6.45, 7) is 0. The van der Waals surface area contributed by atoms with Crippen LogP contribution in [0.25, 0.3) is 0 Å². The van der Waals surface area contributed by atoms with Gasteiger partial charge in [-0.15, -0.1) is 0 Å². The summed E-state index contributed by atoms with van der Waals surface area (Å²) in [7, 11) is 1.78. The van der Waals surface area contributed by atoms with Crippen LogP contribution in [0.15, 0.2) is 33.3 Å². The molecule has 1 aromatic carbocycles. The number of aryl methyl sites for hydroxylation is 1. The Balaban J connectivity index is 2.32. The second-order valence-electron chi connectivity index (χ2n) is 3.85. The second-order valence-corrected chi connectivity index (χ2v) is 6.50. The molecular formula is C12H8Br2Cl2N2O. The van der Waals surface area contributed by atoms with Crippen molar-refractivity contribution < 1.29 is 4.79 Å². The van der Waals surface area contributed by atoms with Gasteiger partial charge >= 0.3 is 0 Å². The van der Waals surface area contributed by atoms with Gasteiger partial charge in [0.2, 0.25) is 0 Å². The minimum Gasteiger partial charge on any atom is -0.345 e. The third kappa shape index (κ3) is 3.34. The number of benzene rings is 1. The molecule has 3 nitrogen and oxygen atoms in total. The average Bonchev–Trinajstić information content (AvgIpc) is 2.62. The first-order valence-corrected chi connectivity index (χ1v) is 7.50. The van der Waals surface area contributed by atoms with Gasteiger partial charge in [0.15, 0.2) is 0 Å². The molecule has 0 atom stereocenters. The fourth-order valence-electron chi connectivity index (χ4n) is 1.59. The summed E-state index contributed by atoms with van der Waals surface area (Å²) >= 11 is 18.7. The van der Waals surface area contributed by atoms with E-state index in [1.165, 1.54) is 0 Å². The summed E-state index contributed by atoms with van der Waals surface area (Å²) in [6.07, 6.45) is 1.79. The molecule has 0 radical (unpaired) electrons. The van der Waals surface area contributed by atoms with Gasteiger partial charge in [-0.25, -0.2) is 0 Å². The van der Waals surface area contributed by atoms with Gasteiger partial charge < -0.3 is 9.88 Å². The van der Waals surface area contributed by atoms with Crippen LogP contribution >= 0.6 is 55.1 Å². The minimum absolute atomic E-state index is 0.278. The molecule has 0 aliphatic heterocycles. The molecule has 0 unspecified atom stereocenters. The van der Waals surface area contributed by atoms with Gasteiger partial charge in [0, 0.05) is 22.2 Å². The van der Waals surface area contributed by atoms with Gasteiger partial charge in [-0.1, -0.05) is 39.1 Å². The number of hydrogen-bond donors (Lipinski definition) is 1. The molecule has 0 aliphatic carbocycles. The molecule has 1 N–H and O–H groups in total. The molecular weight excluding hydrogens is 419 g/mol. The number of anilines is 1. The highest BCUT2D eigenvalue weighted by Gasteiger charge is 2.15. The van der Waals surface area contributed by atoms with Crippen molar-refractivity contribution in [1.82, 2.24) is 4.57 Å². The van der Waals surface area contributed by atoms with Crippen LogP contribution in [0.1, 0.15) is 10.5 Å². The summed E-state index contributed by atoms with van der Waals surface area (Å²) in [5.74, 6) is -0.278. The molecule has 0 aliphatic rings. The van der Waals surface area contributed by atoms with Crippen molar-refractivity contribution in [3.63, 3.8) is 0 Å². The number of nitrogens with one attached hydrogen (secondary N) is 1. The van der Waals surface area contributed by atoms with Gasteiger partial charge in [0.25, 0.3) is 5.91 Å². The number of rotatable bonds is 2. The third-order valence-corrected chi connectivity index (χ3v) is 3.94. The maximum Gasteiger partial charge on any atom is 0.272 e. The van der Waals surface area contributed by atoms with Crippen LogP contribution in [0.5, 0.6) is 0 Å². The van der Waals surface area contributed by atoms with Crippen molar-refractivity contribution in [2.24, 2.45) is 7.05 Å². The van der Waals surface area contributed by atoms with Crippen LogP contribution in [0.3, 0.4) is 0 Å². The molecule has 0 fully saturated rings. The van der Waals surface area contributed by atoms with E-state index in [1.807, 2.05) is 0 Å². The first-order chi connectivity index (χ1) is 8.88. The lowest BCUT2D eigenvalue weighted by Gasteiger charge is -2.10. The summed E-state index contributed by atoms with van der Waals surface area (Å²) in [5, 5.41) is 3.46. The molecule has 19 heavy (non-hydrogen) atoms. The van der Waals surface area contributed by atoms with Crippen LogP contribution in [0.2, 0.25) is 10.0 Å². The number of aromatic nitrogens is 1. The molecule has 2 aromatic rings. The van der Waals surface area contributed by atoms with E-state index in [0.29, 0.717) is 21.4 Å². The Kier molecular flexibility index (Phi) is 4.61. The van der Waals surface area contributed by atoms with Crippen molar-refractivity contribution in [3.8, 4) is 0 Å². The van der Waals surface area contributed by atoms with Crippen LogP contribution < -0.4 is 5.32 Å². The zero-order valence-corrected chi connectivity index (χ0v) is 14.4. The lowest BCUT2D eigenvalue weighted by atomic mass is 10.3. The quantitative estimate of drug-likeness (QED) is 0.711. The highest BCUT2D eigenvalue weighted by Crippen LogP contribution is 2.34. The molecule has 0 saturated carbocycles. The molecule has 1 amide bonds. The predicted molar refractivity (Wildman–Crippen MR) is 85.2 cm³/mol. The number of carbonyl (C=O) groups excluding carboxylic acids is 1. The zero-order chi connectivity index (χ0) is 14.2. The van der Waals surface area contributed by atoms with Gasteiger partial charge in [0.05, 0.1) is 15.7 Å². The fraction of sp³-hybridized carbons (Fsp3) is 0.0833. The molecule has 0 spiro atoms. The van der Waals surface area contributed by atoms with E-state index in [2.05, 4.69) is 37.2 Å². The van der Waals surface area contributed by atoms with Gasteiger partial charge in [0.1, 0.15) is 5.69 Å². The van der Waals surface area contributed by atoms with E-state index in [1.54, 1.807) is 36.0 Å². The molecule has 7 heteroatoms. The summed E-state index contributed by atoms with van der Waals surface area (Å²) < 4.78 is 3.29. The highest BCUT2D eigenvalue weighted by molar-refractivity contribution is 9.10. The molecule has 2 rings (SSSR count). The first-order valence-electron chi connectivity index (χ1n) is 5.16. The Morgan fingerprint density at radius 1 is 1.16 bits per heavy atom. The lowest BCUT2D eigenvalue weighted by molar-refractivity contribution is 0.101. The zero-order valence-electron chi connectivity index (χ0n) is 9.68. The monoisotopic (exact) mass is 424 g/mol. The van der Waals surface area contributed by atoms with Crippen molar-refractivity contribution in [1.29, 1.82) is 0 Å². The molecule has 100 valence electrons. The van der Waals surface area contributed by atoms with Crippen molar-refractivity contribution in [2.75, 3.05) is 5.32 Å². The Morgan fingerprint density at radius 3 is 2.21 bits per heavy atom. The number of nitrogens with zero attached hydrogens (tertiary/aromatic N) is 1. The van der Waals surface area contributed by atoms with Crippen molar-refractivity contribution >= 4 is 66.7 Å². The predicted octanol–water partition coefficient (Wildman–Crippen LogP) is 5.11. The topological polar surface area (TPSA) is 34.0 Å². The molecule has 1 aromatic heterocycles. The van der Waals surface area contributed by atoms with E-state index >= 15 is 0 Å². The number of halogens is 4. The minimum atomic E-state index is -0.278. The maximum atomic E-state index is 12.2. The number of amides is 1. The summed E-state index contributed by atoms with van der Waals surface area (Å²) in [6, 6.07) is 5.06. The van der Waals surface area contributed by atoms with Gasteiger partial charge in [-0.05, 0) is 34.1 Å².